The Morgan fingerprint density at radius 3 is 2.39 bits per heavy atom. The van der Waals surface area contributed by atoms with Gasteiger partial charge in [-0.3, -0.25) is 9.78 Å². The first-order valence-corrected chi connectivity index (χ1v) is 9.23. The van der Waals surface area contributed by atoms with E-state index < -0.39 is 16.2 Å². The Kier molecular flexibility index (Phi) is 3.77. The van der Waals surface area contributed by atoms with Gasteiger partial charge in [0, 0.05) is 11.6 Å². The van der Waals surface area contributed by atoms with Crippen molar-refractivity contribution in [3.05, 3.63) is 52.9 Å². The van der Waals surface area contributed by atoms with Crippen molar-refractivity contribution in [1.29, 1.82) is 10.5 Å². The molecule has 7 nitrogen and oxygen atoms in total. The highest BCUT2D eigenvalue weighted by atomic mass is 16.2. The van der Waals surface area contributed by atoms with Crippen molar-refractivity contribution < 1.29 is 4.79 Å². The van der Waals surface area contributed by atoms with E-state index in [0.29, 0.717) is 24.4 Å². The van der Waals surface area contributed by atoms with Gasteiger partial charge in [-0.05, 0) is 30.4 Å². The molecule has 0 saturated heterocycles. The highest BCUT2D eigenvalue weighted by Gasteiger charge is 2.73. The Morgan fingerprint density at radius 2 is 1.79 bits per heavy atom. The second-order valence-corrected chi connectivity index (χ2v) is 8.21. The van der Waals surface area contributed by atoms with Crippen LogP contribution in [0.2, 0.25) is 0 Å². The summed E-state index contributed by atoms with van der Waals surface area (Å²) < 4.78 is 0. The number of carbonyl (C=O) groups excluding carboxylic acids is 1. The predicted molar refractivity (Wildman–Crippen MR) is 99.6 cm³/mol. The molecule has 1 saturated carbocycles. The minimum atomic E-state index is -0.890. The van der Waals surface area contributed by atoms with Crippen molar-refractivity contribution in [2.45, 2.75) is 51.0 Å². The van der Waals surface area contributed by atoms with Crippen LogP contribution in [0.4, 0.5) is 0 Å². The van der Waals surface area contributed by atoms with Crippen molar-refractivity contribution in [1.82, 2.24) is 20.3 Å². The molecule has 28 heavy (non-hydrogen) atoms. The molecule has 0 radical (unpaired) electrons. The molecule has 2 aromatic rings. The minimum Gasteiger partial charge on any atom is -0.350 e. The molecular weight excluding hydrogens is 352 g/mol. The van der Waals surface area contributed by atoms with Crippen LogP contribution < -0.4 is 5.32 Å². The third-order valence-corrected chi connectivity index (χ3v) is 7.02. The van der Waals surface area contributed by atoms with Gasteiger partial charge in [0.1, 0.15) is 12.1 Å². The van der Waals surface area contributed by atoms with Crippen LogP contribution in [0.1, 0.15) is 62.1 Å². The van der Waals surface area contributed by atoms with Gasteiger partial charge in [0.2, 0.25) is 5.91 Å². The zero-order valence-corrected chi connectivity index (χ0v) is 16.1. The highest BCUT2D eigenvalue weighted by molar-refractivity contribution is 5.92. The summed E-state index contributed by atoms with van der Waals surface area (Å²) in [4.78, 5) is 26.8. The molecule has 4 rings (SSSR count). The number of carbonyl (C=O) groups is 1. The standard InChI is InChI=1S/C21H20N6O/c1-19(2)20(3)7-8-21(19,18(28)25-12-13-6-4-5-9-24-13)17-16(20)26-14(10-22)15(11-23)27-17/h4-6,9H,7-8,12H2,1-3H3,(H,25,28). The van der Waals surface area contributed by atoms with E-state index in [0.717, 1.165) is 12.1 Å². The van der Waals surface area contributed by atoms with Gasteiger partial charge in [-0.25, -0.2) is 9.97 Å². The first-order chi connectivity index (χ1) is 13.3. The number of hydrogen-bond acceptors (Lipinski definition) is 6. The van der Waals surface area contributed by atoms with E-state index in [9.17, 15) is 15.3 Å². The fourth-order valence-corrected chi connectivity index (χ4v) is 4.97. The maximum atomic E-state index is 13.5. The molecule has 7 heteroatoms. The number of fused-ring (bicyclic) bond motifs is 5. The summed E-state index contributed by atoms with van der Waals surface area (Å²) in [5, 5.41) is 21.8. The first-order valence-electron chi connectivity index (χ1n) is 9.23. The monoisotopic (exact) mass is 372 g/mol. The summed E-state index contributed by atoms with van der Waals surface area (Å²) >= 11 is 0. The van der Waals surface area contributed by atoms with Crippen molar-refractivity contribution in [3.63, 3.8) is 0 Å². The Morgan fingerprint density at radius 1 is 1.11 bits per heavy atom. The smallest absolute Gasteiger partial charge is 0.233 e. The average molecular weight is 372 g/mol. The number of nitrogens with one attached hydrogen (secondary N) is 1. The number of aromatic nitrogens is 3. The van der Waals surface area contributed by atoms with E-state index in [4.69, 9.17) is 0 Å². The van der Waals surface area contributed by atoms with Crippen LogP contribution in [0.15, 0.2) is 24.4 Å². The lowest BCUT2D eigenvalue weighted by molar-refractivity contribution is -0.130. The first kappa shape index (κ1) is 18.1. The van der Waals surface area contributed by atoms with Crippen LogP contribution in [0.25, 0.3) is 0 Å². The zero-order chi connectivity index (χ0) is 20.2. The summed E-state index contributed by atoms with van der Waals surface area (Å²) in [5.41, 5.74) is 0.243. The second kappa shape index (κ2) is 5.84. The molecule has 2 aromatic heterocycles. The number of pyridine rings is 1. The topological polar surface area (TPSA) is 115 Å². The summed E-state index contributed by atoms with van der Waals surface area (Å²) in [7, 11) is 0. The third kappa shape index (κ3) is 2.02. The normalized spacial score (nSPS) is 26.2. The van der Waals surface area contributed by atoms with E-state index in [1.807, 2.05) is 30.3 Å². The van der Waals surface area contributed by atoms with E-state index in [-0.39, 0.29) is 17.3 Å². The molecule has 0 spiro atoms. The Bertz CT molecular complexity index is 1060. The Hall–Kier alpha value is -3.32. The van der Waals surface area contributed by atoms with Gasteiger partial charge in [0.15, 0.2) is 11.4 Å². The van der Waals surface area contributed by atoms with Gasteiger partial charge >= 0.3 is 0 Å². The molecule has 0 aliphatic heterocycles. The maximum absolute atomic E-state index is 13.5. The number of rotatable bonds is 3. The maximum Gasteiger partial charge on any atom is 0.233 e. The van der Waals surface area contributed by atoms with Crippen molar-refractivity contribution in [2.24, 2.45) is 5.41 Å². The van der Waals surface area contributed by atoms with Crippen LogP contribution in [-0.2, 0) is 22.2 Å². The molecule has 2 aliphatic carbocycles. The van der Waals surface area contributed by atoms with E-state index in [1.165, 1.54) is 0 Å². The SMILES string of the molecule is CC12CCC(C(=O)NCc3ccccn3)(c3nc(C#N)c(C#N)nc31)C2(C)C. The van der Waals surface area contributed by atoms with Gasteiger partial charge in [0.05, 0.1) is 29.0 Å². The van der Waals surface area contributed by atoms with Gasteiger partial charge in [-0.2, -0.15) is 10.5 Å². The molecule has 1 fully saturated rings. The van der Waals surface area contributed by atoms with Crippen LogP contribution in [0.3, 0.4) is 0 Å². The van der Waals surface area contributed by atoms with E-state index in [2.05, 4.69) is 41.0 Å². The van der Waals surface area contributed by atoms with Gasteiger partial charge in [-0.1, -0.05) is 26.8 Å². The quantitative estimate of drug-likeness (QED) is 0.883. The lowest BCUT2D eigenvalue weighted by Crippen LogP contribution is -2.51. The minimum absolute atomic E-state index is 0.0230. The lowest BCUT2D eigenvalue weighted by Gasteiger charge is -2.39. The average Bonchev–Trinajstić information content (AvgIpc) is 3.01. The number of amides is 1. The number of nitrogens with zero attached hydrogens (tertiary/aromatic N) is 5. The third-order valence-electron chi connectivity index (χ3n) is 7.02. The van der Waals surface area contributed by atoms with Crippen LogP contribution in [0.5, 0.6) is 0 Å². The molecular formula is C21H20N6O. The van der Waals surface area contributed by atoms with Crippen LogP contribution >= 0.6 is 0 Å². The van der Waals surface area contributed by atoms with Gasteiger partial charge in [-0.15, -0.1) is 0 Å². The Labute approximate surface area is 163 Å². The second-order valence-electron chi connectivity index (χ2n) is 8.21. The zero-order valence-electron chi connectivity index (χ0n) is 16.1. The largest absolute Gasteiger partial charge is 0.350 e. The van der Waals surface area contributed by atoms with Gasteiger partial charge in [0.25, 0.3) is 0 Å². The summed E-state index contributed by atoms with van der Waals surface area (Å²) in [6.45, 7) is 6.51. The molecule has 2 aliphatic rings. The molecule has 2 unspecified atom stereocenters. The molecule has 2 heterocycles. The molecule has 0 aromatic carbocycles. The summed E-state index contributed by atoms with van der Waals surface area (Å²) in [6, 6.07) is 9.48. The molecule has 140 valence electrons. The van der Waals surface area contributed by atoms with Gasteiger partial charge < -0.3 is 5.32 Å². The fraction of sp³-hybridized carbons (Fsp3) is 0.429. The summed E-state index contributed by atoms with van der Waals surface area (Å²) in [6.07, 6.45) is 3.09. The summed E-state index contributed by atoms with van der Waals surface area (Å²) in [5.74, 6) is -0.131. The Balaban J connectivity index is 1.82. The predicted octanol–water partition coefficient (Wildman–Crippen LogP) is 2.26. The van der Waals surface area contributed by atoms with Crippen LogP contribution in [-0.4, -0.2) is 20.9 Å². The van der Waals surface area contributed by atoms with E-state index >= 15 is 0 Å². The molecule has 2 atom stereocenters. The molecule has 1 N–H and O–H groups in total. The highest BCUT2D eigenvalue weighted by Crippen LogP contribution is 2.70. The van der Waals surface area contributed by atoms with E-state index in [1.54, 1.807) is 6.20 Å². The van der Waals surface area contributed by atoms with Crippen molar-refractivity contribution in [2.75, 3.05) is 0 Å². The lowest BCUT2D eigenvalue weighted by atomic mass is 9.63. The number of nitriles is 2. The fourth-order valence-electron chi connectivity index (χ4n) is 4.97. The number of hydrogen-bond donors (Lipinski definition) is 1. The molecule has 1 amide bonds. The van der Waals surface area contributed by atoms with Crippen molar-refractivity contribution >= 4 is 5.91 Å². The molecule has 2 bridgehead atoms. The van der Waals surface area contributed by atoms with Crippen molar-refractivity contribution in [3.8, 4) is 12.1 Å². The van der Waals surface area contributed by atoms with Crippen LogP contribution in [0, 0.1) is 28.1 Å².